The lowest BCUT2D eigenvalue weighted by molar-refractivity contribution is 0.0691. The highest BCUT2D eigenvalue weighted by molar-refractivity contribution is 6.04. The number of aromatic nitrogens is 3. The van der Waals surface area contributed by atoms with Crippen molar-refractivity contribution in [1.82, 2.24) is 20.3 Å². The highest BCUT2D eigenvalue weighted by Crippen LogP contribution is 2.08. The molecule has 0 radical (unpaired) electrons. The second kappa shape index (κ2) is 5.76. The summed E-state index contributed by atoms with van der Waals surface area (Å²) in [6.45, 7) is 0.817. The third-order valence-corrected chi connectivity index (χ3v) is 2.50. The zero-order chi connectivity index (χ0) is 13.7. The lowest BCUT2D eigenvalue weighted by atomic mass is 10.1. The van der Waals surface area contributed by atoms with E-state index in [1.807, 2.05) is 0 Å². The van der Waals surface area contributed by atoms with Gasteiger partial charge in [-0.15, -0.1) is 5.10 Å². The van der Waals surface area contributed by atoms with Crippen LogP contribution in [0.1, 0.15) is 20.7 Å². The van der Waals surface area contributed by atoms with Crippen molar-refractivity contribution in [3.63, 3.8) is 0 Å². The molecule has 0 aliphatic rings. The van der Waals surface area contributed by atoms with Crippen LogP contribution in [0.15, 0.2) is 36.7 Å². The van der Waals surface area contributed by atoms with Gasteiger partial charge in [0, 0.05) is 12.7 Å². The Morgan fingerprint density at radius 1 is 1.26 bits per heavy atom. The highest BCUT2D eigenvalue weighted by Gasteiger charge is 2.14. The SMILES string of the molecule is O=C(O)c1ccccc1C(=O)NCCn1ccnn1. The Hall–Kier alpha value is -2.70. The number of carboxylic acid groups (broad SMARTS) is 1. The molecule has 2 aromatic rings. The van der Waals surface area contributed by atoms with Crippen molar-refractivity contribution < 1.29 is 14.7 Å². The quantitative estimate of drug-likeness (QED) is 0.811. The standard InChI is InChI=1S/C12H12N4O3/c17-11(13-5-7-16-8-6-14-15-16)9-3-1-2-4-10(9)12(18)19/h1-4,6,8H,5,7H2,(H,13,17)(H,18,19). The number of hydrogen-bond acceptors (Lipinski definition) is 4. The number of carboxylic acids is 1. The maximum Gasteiger partial charge on any atom is 0.336 e. The zero-order valence-electron chi connectivity index (χ0n) is 9.98. The lowest BCUT2D eigenvalue weighted by Gasteiger charge is -2.07. The Bertz CT molecular complexity index is 580. The van der Waals surface area contributed by atoms with Gasteiger partial charge in [0.1, 0.15) is 0 Å². The number of carbonyl (C=O) groups excluding carboxylic acids is 1. The molecule has 0 saturated carbocycles. The van der Waals surface area contributed by atoms with Gasteiger partial charge in [-0.25, -0.2) is 4.79 Å². The number of amides is 1. The van der Waals surface area contributed by atoms with Crippen LogP contribution in [-0.4, -0.2) is 38.5 Å². The molecule has 0 aliphatic carbocycles. The molecule has 1 heterocycles. The number of benzene rings is 1. The topological polar surface area (TPSA) is 97.1 Å². The Morgan fingerprint density at radius 2 is 2.00 bits per heavy atom. The van der Waals surface area contributed by atoms with Gasteiger partial charge in [0.25, 0.3) is 5.91 Å². The van der Waals surface area contributed by atoms with Crippen LogP contribution in [0.3, 0.4) is 0 Å². The first kappa shape index (κ1) is 12.7. The van der Waals surface area contributed by atoms with Crippen LogP contribution in [0.2, 0.25) is 0 Å². The monoisotopic (exact) mass is 260 g/mol. The first-order valence-corrected chi connectivity index (χ1v) is 5.63. The van der Waals surface area contributed by atoms with Crippen molar-refractivity contribution in [2.75, 3.05) is 6.54 Å². The van der Waals surface area contributed by atoms with E-state index in [2.05, 4.69) is 15.6 Å². The van der Waals surface area contributed by atoms with E-state index in [4.69, 9.17) is 5.11 Å². The molecule has 0 bridgehead atoms. The van der Waals surface area contributed by atoms with Crippen LogP contribution in [0.4, 0.5) is 0 Å². The van der Waals surface area contributed by atoms with Crippen LogP contribution < -0.4 is 5.32 Å². The van der Waals surface area contributed by atoms with E-state index < -0.39 is 11.9 Å². The fourth-order valence-electron chi connectivity index (χ4n) is 1.60. The minimum atomic E-state index is -1.12. The summed E-state index contributed by atoms with van der Waals surface area (Å²) in [7, 11) is 0. The summed E-state index contributed by atoms with van der Waals surface area (Å²) >= 11 is 0. The van der Waals surface area contributed by atoms with E-state index in [0.717, 1.165) is 0 Å². The average Bonchev–Trinajstić information content (AvgIpc) is 2.91. The third-order valence-electron chi connectivity index (χ3n) is 2.50. The number of aromatic carboxylic acids is 1. The van der Waals surface area contributed by atoms with E-state index in [-0.39, 0.29) is 11.1 Å². The van der Waals surface area contributed by atoms with Crippen molar-refractivity contribution in [1.29, 1.82) is 0 Å². The predicted molar refractivity (Wildman–Crippen MR) is 65.8 cm³/mol. The van der Waals surface area contributed by atoms with Crippen molar-refractivity contribution in [3.05, 3.63) is 47.8 Å². The molecule has 2 N–H and O–H groups in total. The summed E-state index contributed by atoms with van der Waals surface area (Å²) < 4.78 is 1.57. The molecule has 19 heavy (non-hydrogen) atoms. The Morgan fingerprint density at radius 3 is 2.63 bits per heavy atom. The molecule has 0 spiro atoms. The smallest absolute Gasteiger partial charge is 0.336 e. The molecule has 0 fully saturated rings. The Kier molecular flexibility index (Phi) is 3.87. The molecular formula is C12H12N4O3. The number of hydrogen-bond donors (Lipinski definition) is 2. The predicted octanol–water partition coefficient (Wildman–Crippen LogP) is 0.406. The van der Waals surface area contributed by atoms with E-state index >= 15 is 0 Å². The molecule has 0 aliphatic heterocycles. The summed E-state index contributed by atoms with van der Waals surface area (Å²) in [6.07, 6.45) is 3.22. The summed E-state index contributed by atoms with van der Waals surface area (Å²) in [6, 6.07) is 6.08. The molecule has 0 saturated heterocycles. The molecule has 0 atom stereocenters. The summed E-state index contributed by atoms with van der Waals surface area (Å²) in [5, 5.41) is 19.0. The molecule has 98 valence electrons. The maximum absolute atomic E-state index is 11.9. The maximum atomic E-state index is 11.9. The van der Waals surface area contributed by atoms with Gasteiger partial charge in [-0.3, -0.25) is 9.48 Å². The molecule has 1 aromatic heterocycles. The van der Waals surface area contributed by atoms with E-state index in [9.17, 15) is 9.59 Å². The molecular weight excluding hydrogens is 248 g/mol. The fourth-order valence-corrected chi connectivity index (χ4v) is 1.60. The minimum absolute atomic E-state index is 0.0132. The molecule has 7 nitrogen and oxygen atoms in total. The molecule has 0 unspecified atom stereocenters. The van der Waals surface area contributed by atoms with Gasteiger partial charge < -0.3 is 10.4 Å². The number of carbonyl (C=O) groups is 2. The van der Waals surface area contributed by atoms with Crippen LogP contribution in [0.5, 0.6) is 0 Å². The van der Waals surface area contributed by atoms with Gasteiger partial charge in [-0.2, -0.15) is 0 Å². The highest BCUT2D eigenvalue weighted by atomic mass is 16.4. The minimum Gasteiger partial charge on any atom is -0.478 e. The summed E-state index contributed by atoms with van der Waals surface area (Å²) in [4.78, 5) is 22.9. The first-order valence-electron chi connectivity index (χ1n) is 5.63. The third kappa shape index (κ3) is 3.15. The van der Waals surface area contributed by atoms with E-state index in [1.165, 1.54) is 12.1 Å². The van der Waals surface area contributed by atoms with Crippen LogP contribution in [0.25, 0.3) is 0 Å². The second-order valence-corrected chi connectivity index (χ2v) is 3.77. The number of nitrogens with zero attached hydrogens (tertiary/aromatic N) is 3. The van der Waals surface area contributed by atoms with Crippen molar-refractivity contribution in [3.8, 4) is 0 Å². The van der Waals surface area contributed by atoms with Gasteiger partial charge in [0.2, 0.25) is 0 Å². The van der Waals surface area contributed by atoms with Crippen molar-refractivity contribution in [2.24, 2.45) is 0 Å². The Labute approximate surface area is 108 Å². The molecule has 1 amide bonds. The van der Waals surface area contributed by atoms with Gasteiger partial charge in [-0.1, -0.05) is 17.3 Å². The van der Waals surface area contributed by atoms with Crippen LogP contribution in [-0.2, 0) is 6.54 Å². The first-order chi connectivity index (χ1) is 9.18. The number of nitrogens with one attached hydrogen (secondary N) is 1. The Balaban J connectivity index is 1.98. The number of rotatable bonds is 5. The summed E-state index contributed by atoms with van der Waals surface area (Å²) in [5.41, 5.74) is 0.134. The van der Waals surface area contributed by atoms with E-state index in [1.54, 1.807) is 29.2 Å². The van der Waals surface area contributed by atoms with Gasteiger partial charge in [0.05, 0.1) is 23.9 Å². The largest absolute Gasteiger partial charge is 0.478 e. The van der Waals surface area contributed by atoms with Gasteiger partial charge in [-0.05, 0) is 12.1 Å². The average molecular weight is 260 g/mol. The van der Waals surface area contributed by atoms with Crippen molar-refractivity contribution >= 4 is 11.9 Å². The molecule has 7 heteroatoms. The fraction of sp³-hybridized carbons (Fsp3) is 0.167. The normalized spacial score (nSPS) is 10.1. The summed E-state index contributed by atoms with van der Waals surface area (Å²) in [5.74, 6) is -1.54. The second-order valence-electron chi connectivity index (χ2n) is 3.77. The zero-order valence-corrected chi connectivity index (χ0v) is 9.98. The van der Waals surface area contributed by atoms with Crippen LogP contribution >= 0.6 is 0 Å². The molecule has 2 rings (SSSR count). The van der Waals surface area contributed by atoms with E-state index in [0.29, 0.717) is 13.1 Å². The van der Waals surface area contributed by atoms with Crippen molar-refractivity contribution in [2.45, 2.75) is 6.54 Å². The molecule has 1 aromatic carbocycles. The van der Waals surface area contributed by atoms with Gasteiger partial charge in [0.15, 0.2) is 0 Å². The van der Waals surface area contributed by atoms with Gasteiger partial charge >= 0.3 is 5.97 Å². The lowest BCUT2D eigenvalue weighted by Crippen LogP contribution is -2.28. The van der Waals surface area contributed by atoms with Crippen LogP contribution in [0, 0.1) is 0 Å².